The van der Waals surface area contributed by atoms with Gasteiger partial charge in [-0.2, -0.15) is 0 Å². The van der Waals surface area contributed by atoms with Crippen LogP contribution in [0.2, 0.25) is 0 Å². The quantitative estimate of drug-likeness (QED) is 0.865. The third-order valence-electron chi connectivity index (χ3n) is 3.47. The van der Waals surface area contributed by atoms with Crippen LogP contribution in [0.5, 0.6) is 0 Å². The standard InChI is InChI=1S/C15H20BrNO3/c16-12-6-4-11(5-7-12)14(18)15(19)17-9-8-13-3-1-2-10-20-13/h4-7,13-14,18H,1-3,8-10H2,(H,17,19)/t13-,14+/m1/s1. The van der Waals surface area contributed by atoms with Crippen LogP contribution in [0.1, 0.15) is 37.4 Å². The average molecular weight is 342 g/mol. The first-order valence-corrected chi connectivity index (χ1v) is 7.79. The Morgan fingerprint density at radius 1 is 1.40 bits per heavy atom. The summed E-state index contributed by atoms with van der Waals surface area (Å²) in [6, 6.07) is 7.08. The van der Waals surface area contributed by atoms with Gasteiger partial charge in [0, 0.05) is 17.6 Å². The summed E-state index contributed by atoms with van der Waals surface area (Å²) in [6.45, 7) is 1.36. The van der Waals surface area contributed by atoms with E-state index in [-0.39, 0.29) is 12.0 Å². The Morgan fingerprint density at radius 2 is 2.15 bits per heavy atom. The number of nitrogens with one attached hydrogen (secondary N) is 1. The van der Waals surface area contributed by atoms with Crippen molar-refractivity contribution in [3.63, 3.8) is 0 Å². The Morgan fingerprint density at radius 3 is 2.80 bits per heavy atom. The van der Waals surface area contributed by atoms with Gasteiger partial charge in [0.25, 0.3) is 5.91 Å². The first-order chi connectivity index (χ1) is 9.66. The van der Waals surface area contributed by atoms with Crippen LogP contribution in [-0.4, -0.2) is 30.3 Å². The van der Waals surface area contributed by atoms with Crippen molar-refractivity contribution < 1.29 is 14.6 Å². The zero-order valence-electron chi connectivity index (χ0n) is 11.3. The van der Waals surface area contributed by atoms with Gasteiger partial charge in [-0.25, -0.2) is 0 Å². The number of halogens is 1. The van der Waals surface area contributed by atoms with Crippen LogP contribution < -0.4 is 5.32 Å². The number of aliphatic hydroxyl groups excluding tert-OH is 1. The van der Waals surface area contributed by atoms with Gasteiger partial charge in [0.1, 0.15) is 0 Å². The number of carbonyl (C=O) groups is 1. The van der Waals surface area contributed by atoms with E-state index < -0.39 is 6.10 Å². The molecule has 0 spiro atoms. The van der Waals surface area contributed by atoms with Crippen LogP contribution in [0.4, 0.5) is 0 Å². The summed E-state index contributed by atoms with van der Waals surface area (Å²) in [5, 5.41) is 12.7. The van der Waals surface area contributed by atoms with Crippen molar-refractivity contribution in [3.8, 4) is 0 Å². The molecular formula is C15H20BrNO3. The second-order valence-electron chi connectivity index (χ2n) is 5.02. The number of aliphatic hydroxyl groups is 1. The average Bonchev–Trinajstić information content (AvgIpc) is 2.48. The minimum absolute atomic E-state index is 0.244. The Kier molecular flexibility index (Phi) is 6.01. The highest BCUT2D eigenvalue weighted by Gasteiger charge is 2.18. The van der Waals surface area contributed by atoms with Gasteiger partial charge in [0.2, 0.25) is 0 Å². The van der Waals surface area contributed by atoms with Gasteiger partial charge in [-0.3, -0.25) is 4.79 Å². The third-order valence-corrected chi connectivity index (χ3v) is 4.00. The zero-order chi connectivity index (χ0) is 14.4. The second kappa shape index (κ2) is 7.76. The predicted octanol–water partition coefficient (Wildman–Crippen LogP) is 2.56. The first-order valence-electron chi connectivity index (χ1n) is 6.99. The van der Waals surface area contributed by atoms with Gasteiger partial charge in [-0.05, 0) is 43.4 Å². The molecule has 1 aromatic carbocycles. The lowest BCUT2D eigenvalue weighted by atomic mass is 10.1. The molecule has 4 nitrogen and oxygen atoms in total. The molecule has 0 radical (unpaired) electrons. The lowest BCUT2D eigenvalue weighted by Gasteiger charge is -2.22. The highest BCUT2D eigenvalue weighted by atomic mass is 79.9. The second-order valence-corrected chi connectivity index (χ2v) is 5.94. The van der Waals surface area contributed by atoms with Crippen molar-refractivity contribution in [2.75, 3.05) is 13.2 Å². The third kappa shape index (κ3) is 4.58. The predicted molar refractivity (Wildman–Crippen MR) is 80.3 cm³/mol. The van der Waals surface area contributed by atoms with Crippen LogP contribution in [0.3, 0.4) is 0 Å². The van der Waals surface area contributed by atoms with Crippen LogP contribution in [0.15, 0.2) is 28.7 Å². The minimum atomic E-state index is -1.12. The lowest BCUT2D eigenvalue weighted by Crippen LogP contribution is -2.32. The fourth-order valence-electron chi connectivity index (χ4n) is 2.28. The molecule has 0 aromatic heterocycles. The van der Waals surface area contributed by atoms with Crippen molar-refractivity contribution in [2.45, 2.75) is 37.9 Å². The maximum atomic E-state index is 11.9. The van der Waals surface area contributed by atoms with E-state index in [1.807, 2.05) is 12.1 Å². The van der Waals surface area contributed by atoms with Crippen molar-refractivity contribution in [1.29, 1.82) is 0 Å². The summed E-state index contributed by atoms with van der Waals surface area (Å²) in [5.74, 6) is -0.358. The highest BCUT2D eigenvalue weighted by Crippen LogP contribution is 2.17. The highest BCUT2D eigenvalue weighted by molar-refractivity contribution is 9.10. The summed E-state index contributed by atoms with van der Waals surface area (Å²) >= 11 is 3.32. The number of carbonyl (C=O) groups excluding carboxylic acids is 1. The zero-order valence-corrected chi connectivity index (χ0v) is 12.9. The molecule has 2 rings (SSSR count). The van der Waals surface area contributed by atoms with Crippen molar-refractivity contribution >= 4 is 21.8 Å². The van der Waals surface area contributed by atoms with Gasteiger partial charge in [-0.1, -0.05) is 28.1 Å². The van der Waals surface area contributed by atoms with Crippen molar-refractivity contribution in [1.82, 2.24) is 5.32 Å². The van der Waals surface area contributed by atoms with Gasteiger partial charge >= 0.3 is 0 Å². The molecule has 1 fully saturated rings. The molecule has 1 aliphatic heterocycles. The van der Waals surface area contributed by atoms with Crippen molar-refractivity contribution in [2.24, 2.45) is 0 Å². The molecule has 0 saturated carbocycles. The van der Waals surface area contributed by atoms with E-state index in [9.17, 15) is 9.90 Å². The number of ether oxygens (including phenoxy) is 1. The van der Waals surface area contributed by atoms with Gasteiger partial charge in [0.15, 0.2) is 6.10 Å². The summed E-state index contributed by atoms with van der Waals surface area (Å²) in [5.41, 5.74) is 0.597. The van der Waals surface area contributed by atoms with E-state index >= 15 is 0 Å². The topological polar surface area (TPSA) is 58.6 Å². The largest absolute Gasteiger partial charge is 0.378 e. The molecule has 0 aliphatic carbocycles. The lowest BCUT2D eigenvalue weighted by molar-refractivity contribution is -0.129. The summed E-state index contributed by atoms with van der Waals surface area (Å²) < 4.78 is 6.52. The normalized spacial score (nSPS) is 20.4. The van der Waals surface area contributed by atoms with E-state index in [4.69, 9.17) is 4.74 Å². The Labute approximate surface area is 127 Å². The molecule has 5 heteroatoms. The fourth-order valence-corrected chi connectivity index (χ4v) is 2.55. The van der Waals surface area contributed by atoms with Crippen LogP contribution >= 0.6 is 15.9 Å². The maximum Gasteiger partial charge on any atom is 0.253 e. The molecular weight excluding hydrogens is 322 g/mol. The molecule has 20 heavy (non-hydrogen) atoms. The molecule has 1 aromatic rings. The van der Waals surface area contributed by atoms with E-state index in [1.54, 1.807) is 12.1 Å². The van der Waals surface area contributed by atoms with Crippen molar-refractivity contribution in [3.05, 3.63) is 34.3 Å². The van der Waals surface area contributed by atoms with Crippen LogP contribution in [0.25, 0.3) is 0 Å². The first kappa shape index (κ1) is 15.5. The number of rotatable bonds is 5. The van der Waals surface area contributed by atoms with Gasteiger partial charge in [-0.15, -0.1) is 0 Å². The van der Waals surface area contributed by atoms with E-state index in [1.165, 1.54) is 6.42 Å². The van der Waals surface area contributed by atoms with Gasteiger partial charge in [0.05, 0.1) is 6.10 Å². The summed E-state index contributed by atoms with van der Waals surface area (Å²) in [7, 11) is 0. The molecule has 2 atom stereocenters. The Hall–Kier alpha value is -0.910. The molecule has 1 heterocycles. The summed E-state index contributed by atoms with van der Waals surface area (Å²) in [6.07, 6.45) is 3.32. The SMILES string of the molecule is O=C(NCC[C@H]1CCCCO1)[C@@H](O)c1ccc(Br)cc1. The number of hydrogen-bond donors (Lipinski definition) is 2. The molecule has 1 aliphatic rings. The Balaban J connectivity index is 1.74. The molecule has 0 unspecified atom stereocenters. The smallest absolute Gasteiger partial charge is 0.253 e. The maximum absolute atomic E-state index is 11.9. The minimum Gasteiger partial charge on any atom is -0.378 e. The monoisotopic (exact) mass is 341 g/mol. The molecule has 0 bridgehead atoms. The number of amides is 1. The molecule has 110 valence electrons. The van der Waals surface area contributed by atoms with E-state index in [2.05, 4.69) is 21.2 Å². The Bertz CT molecular complexity index is 429. The summed E-state index contributed by atoms with van der Waals surface area (Å²) in [4.78, 5) is 11.9. The number of hydrogen-bond acceptors (Lipinski definition) is 3. The molecule has 1 saturated heterocycles. The van der Waals surface area contributed by atoms with E-state index in [0.29, 0.717) is 12.1 Å². The van der Waals surface area contributed by atoms with Crippen LogP contribution in [-0.2, 0) is 9.53 Å². The molecule has 2 N–H and O–H groups in total. The van der Waals surface area contributed by atoms with Gasteiger partial charge < -0.3 is 15.2 Å². The van der Waals surface area contributed by atoms with E-state index in [0.717, 1.165) is 30.3 Å². The number of benzene rings is 1. The molecule has 1 amide bonds. The van der Waals surface area contributed by atoms with Crippen LogP contribution in [0, 0.1) is 0 Å². The fraction of sp³-hybridized carbons (Fsp3) is 0.533.